The van der Waals surface area contributed by atoms with Gasteiger partial charge in [-0.15, -0.1) is 5.73 Å². The maximum absolute atomic E-state index is 12.5. The lowest BCUT2D eigenvalue weighted by molar-refractivity contribution is -0.137. The number of hydrogen-bond donors (Lipinski definition) is 0. The highest BCUT2D eigenvalue weighted by Crippen LogP contribution is 2.29. The normalized spacial score (nSPS) is 11.1. The van der Waals surface area contributed by atoms with Crippen molar-refractivity contribution in [2.24, 2.45) is 5.41 Å². The first-order chi connectivity index (χ1) is 11.6. The fourth-order valence-electron chi connectivity index (χ4n) is 1.99. The van der Waals surface area contributed by atoms with E-state index in [0.29, 0.717) is 5.56 Å². The van der Waals surface area contributed by atoms with E-state index in [1.54, 1.807) is 12.2 Å². The van der Waals surface area contributed by atoms with Crippen molar-refractivity contribution < 1.29 is 13.2 Å². The standard InChI is InChI=1S/C22H19F3/c1-21(2,3)16-15-19-9-5-4-8-18(19)10-6-7-17-11-13-20(14-12-17)22(23,24)25/h4-5,7-14H,1-3H3. The zero-order valence-electron chi connectivity index (χ0n) is 14.4. The van der Waals surface area contributed by atoms with E-state index in [2.05, 4.69) is 17.6 Å². The quantitative estimate of drug-likeness (QED) is 0.436. The van der Waals surface area contributed by atoms with Gasteiger partial charge in [-0.3, -0.25) is 0 Å². The Labute approximate surface area is 146 Å². The highest BCUT2D eigenvalue weighted by Gasteiger charge is 2.29. The van der Waals surface area contributed by atoms with Crippen molar-refractivity contribution in [1.82, 2.24) is 0 Å². The van der Waals surface area contributed by atoms with E-state index in [9.17, 15) is 13.2 Å². The predicted octanol–water partition coefficient (Wildman–Crippen LogP) is 6.43. The monoisotopic (exact) mass is 340 g/mol. The van der Waals surface area contributed by atoms with Crippen molar-refractivity contribution in [2.75, 3.05) is 0 Å². The summed E-state index contributed by atoms with van der Waals surface area (Å²) in [6.07, 6.45) is -0.888. The van der Waals surface area contributed by atoms with E-state index in [-0.39, 0.29) is 5.41 Å². The van der Waals surface area contributed by atoms with Gasteiger partial charge in [0, 0.05) is 11.0 Å². The Morgan fingerprint density at radius 3 is 2.08 bits per heavy atom. The predicted molar refractivity (Wildman–Crippen MR) is 96.7 cm³/mol. The second-order valence-electron chi connectivity index (χ2n) is 6.66. The average Bonchev–Trinajstić information content (AvgIpc) is 2.53. The summed E-state index contributed by atoms with van der Waals surface area (Å²) in [6.45, 7) is 6.13. The molecule has 0 spiro atoms. The molecule has 0 heterocycles. The summed E-state index contributed by atoms with van der Waals surface area (Å²) in [5.41, 5.74) is 4.74. The maximum atomic E-state index is 12.5. The summed E-state index contributed by atoms with van der Waals surface area (Å²) in [4.78, 5) is 0. The van der Waals surface area contributed by atoms with Gasteiger partial charge in [-0.2, -0.15) is 13.2 Å². The molecular weight excluding hydrogens is 321 g/mol. The number of halogens is 3. The van der Waals surface area contributed by atoms with Crippen LogP contribution in [0.5, 0.6) is 0 Å². The van der Waals surface area contributed by atoms with E-state index in [0.717, 1.165) is 23.3 Å². The topological polar surface area (TPSA) is 0 Å². The largest absolute Gasteiger partial charge is 0.416 e. The Hall–Kier alpha value is -2.69. The molecule has 0 radical (unpaired) electrons. The van der Waals surface area contributed by atoms with Gasteiger partial charge in [-0.05, 0) is 62.2 Å². The lowest BCUT2D eigenvalue weighted by atomic mass is 9.96. The zero-order chi connectivity index (χ0) is 18.5. The summed E-state index contributed by atoms with van der Waals surface area (Å²) >= 11 is 0. The fraction of sp³-hybridized carbons (Fsp3) is 0.227. The first kappa shape index (κ1) is 18.6. The molecule has 0 aliphatic rings. The minimum atomic E-state index is -4.32. The molecule has 25 heavy (non-hydrogen) atoms. The molecule has 3 heteroatoms. The van der Waals surface area contributed by atoms with Crippen molar-refractivity contribution in [1.29, 1.82) is 0 Å². The summed E-state index contributed by atoms with van der Waals surface area (Å²) in [7, 11) is 0. The fourth-order valence-corrected chi connectivity index (χ4v) is 1.99. The van der Waals surface area contributed by atoms with Crippen LogP contribution in [0.1, 0.15) is 43.0 Å². The maximum Gasteiger partial charge on any atom is 0.416 e. The van der Waals surface area contributed by atoms with Crippen molar-refractivity contribution >= 4 is 12.2 Å². The van der Waals surface area contributed by atoms with Gasteiger partial charge in [-0.25, -0.2) is 0 Å². The third kappa shape index (κ3) is 6.03. The Balaban J connectivity index is 2.24. The number of alkyl halides is 3. The summed E-state index contributed by atoms with van der Waals surface area (Å²) in [5.74, 6) is 6.36. The van der Waals surface area contributed by atoms with E-state index in [1.807, 2.05) is 45.0 Å². The molecule has 0 N–H and O–H groups in total. The van der Waals surface area contributed by atoms with Crippen molar-refractivity contribution in [3.63, 3.8) is 0 Å². The van der Waals surface area contributed by atoms with Crippen LogP contribution in [0.3, 0.4) is 0 Å². The van der Waals surface area contributed by atoms with Crippen LogP contribution in [0.25, 0.3) is 12.2 Å². The van der Waals surface area contributed by atoms with Crippen LogP contribution >= 0.6 is 0 Å². The van der Waals surface area contributed by atoms with Crippen LogP contribution in [0.4, 0.5) is 13.2 Å². The molecule has 0 atom stereocenters. The van der Waals surface area contributed by atoms with Gasteiger partial charge >= 0.3 is 6.18 Å². The smallest absolute Gasteiger partial charge is 0.166 e. The van der Waals surface area contributed by atoms with E-state index < -0.39 is 11.7 Å². The summed E-state index contributed by atoms with van der Waals surface area (Å²) in [5, 5.41) is 0. The Morgan fingerprint density at radius 1 is 0.840 bits per heavy atom. The molecule has 0 fully saturated rings. The molecule has 0 saturated carbocycles. The van der Waals surface area contributed by atoms with Gasteiger partial charge < -0.3 is 0 Å². The lowest BCUT2D eigenvalue weighted by Crippen LogP contribution is -2.03. The molecular formula is C22H19F3. The highest BCUT2D eigenvalue weighted by molar-refractivity contribution is 5.62. The SMILES string of the molecule is CC(C)(C)C#Cc1ccccc1C=C=Cc1ccc(C(F)(F)F)cc1. The molecule has 0 aliphatic carbocycles. The van der Waals surface area contributed by atoms with Crippen LogP contribution in [-0.4, -0.2) is 0 Å². The summed E-state index contributed by atoms with van der Waals surface area (Å²) in [6, 6.07) is 12.7. The molecule has 2 aromatic rings. The molecule has 0 aliphatic heterocycles. The molecule has 2 rings (SSSR count). The second-order valence-corrected chi connectivity index (χ2v) is 6.66. The van der Waals surface area contributed by atoms with E-state index in [1.165, 1.54) is 12.1 Å². The van der Waals surface area contributed by atoms with Crippen molar-refractivity contribution in [2.45, 2.75) is 26.9 Å². The van der Waals surface area contributed by atoms with Gasteiger partial charge in [-0.1, -0.05) is 42.2 Å². The van der Waals surface area contributed by atoms with Crippen LogP contribution in [0.2, 0.25) is 0 Å². The molecule has 2 aromatic carbocycles. The molecule has 0 bridgehead atoms. The Kier molecular flexibility index (Phi) is 5.57. The molecule has 0 aromatic heterocycles. The third-order valence-corrected chi connectivity index (χ3v) is 3.26. The van der Waals surface area contributed by atoms with Crippen LogP contribution < -0.4 is 0 Å². The highest BCUT2D eigenvalue weighted by atomic mass is 19.4. The lowest BCUT2D eigenvalue weighted by Gasteiger charge is -2.07. The van der Waals surface area contributed by atoms with Gasteiger partial charge in [0.25, 0.3) is 0 Å². The van der Waals surface area contributed by atoms with Gasteiger partial charge in [0.2, 0.25) is 0 Å². The minimum absolute atomic E-state index is 0.0904. The molecule has 0 amide bonds. The summed E-state index contributed by atoms with van der Waals surface area (Å²) < 4.78 is 37.6. The molecule has 0 saturated heterocycles. The minimum Gasteiger partial charge on any atom is -0.166 e. The van der Waals surface area contributed by atoms with E-state index >= 15 is 0 Å². The molecule has 0 unspecified atom stereocenters. The second kappa shape index (κ2) is 7.47. The molecule has 128 valence electrons. The van der Waals surface area contributed by atoms with Gasteiger partial charge in [0.05, 0.1) is 5.56 Å². The van der Waals surface area contributed by atoms with Crippen molar-refractivity contribution in [3.8, 4) is 11.8 Å². The third-order valence-electron chi connectivity index (χ3n) is 3.26. The first-order valence-corrected chi connectivity index (χ1v) is 7.87. The number of rotatable bonds is 2. The van der Waals surface area contributed by atoms with Gasteiger partial charge in [0.1, 0.15) is 0 Å². The Bertz CT molecular complexity index is 845. The van der Waals surface area contributed by atoms with Gasteiger partial charge in [0.15, 0.2) is 0 Å². The first-order valence-electron chi connectivity index (χ1n) is 7.87. The van der Waals surface area contributed by atoms with Crippen LogP contribution in [-0.2, 0) is 6.18 Å². The zero-order valence-corrected chi connectivity index (χ0v) is 14.4. The number of benzene rings is 2. The van der Waals surface area contributed by atoms with E-state index in [4.69, 9.17) is 0 Å². The number of hydrogen-bond acceptors (Lipinski definition) is 0. The van der Waals surface area contributed by atoms with Crippen LogP contribution in [0.15, 0.2) is 54.3 Å². The average molecular weight is 340 g/mol. The molecule has 0 nitrogen and oxygen atoms in total. The van der Waals surface area contributed by atoms with Crippen molar-refractivity contribution in [3.05, 3.63) is 76.5 Å². The Morgan fingerprint density at radius 2 is 1.48 bits per heavy atom. The van der Waals surface area contributed by atoms with Crippen LogP contribution in [0, 0.1) is 17.3 Å².